The van der Waals surface area contributed by atoms with Gasteiger partial charge in [-0.05, 0) is 69.2 Å². The third-order valence-electron chi connectivity index (χ3n) is 4.43. The van der Waals surface area contributed by atoms with Gasteiger partial charge < -0.3 is 9.64 Å². The van der Waals surface area contributed by atoms with Crippen LogP contribution in [0.25, 0.3) is 0 Å². The molecule has 28 heavy (non-hydrogen) atoms. The van der Waals surface area contributed by atoms with Crippen molar-refractivity contribution in [2.24, 2.45) is 0 Å². The maximum atomic E-state index is 13.2. The second-order valence-electron chi connectivity index (χ2n) is 6.60. The number of ether oxygens (including phenoxy) is 1. The number of aryl methyl sites for hydroxylation is 3. The van der Waals surface area contributed by atoms with Gasteiger partial charge in [0.1, 0.15) is 28.1 Å². The smallest absolute Gasteiger partial charge is 0.270 e. The van der Waals surface area contributed by atoms with E-state index in [-0.39, 0.29) is 18.3 Å². The van der Waals surface area contributed by atoms with Crippen LogP contribution >= 0.6 is 11.3 Å². The van der Waals surface area contributed by atoms with E-state index in [0.29, 0.717) is 27.9 Å². The fraction of sp³-hybridized carbons (Fsp3) is 0.273. The molecule has 1 heterocycles. The number of hydrogen-bond donors (Lipinski definition) is 0. The number of thiazole rings is 1. The monoisotopic (exact) mass is 398 g/mol. The van der Waals surface area contributed by atoms with E-state index in [0.717, 1.165) is 16.8 Å². The zero-order valence-electron chi connectivity index (χ0n) is 16.5. The summed E-state index contributed by atoms with van der Waals surface area (Å²) in [4.78, 5) is 20.1. The number of anilines is 1. The summed E-state index contributed by atoms with van der Waals surface area (Å²) in [5.41, 5.74) is 3.78. The summed E-state index contributed by atoms with van der Waals surface area (Å²) < 4.78 is 18.6. The van der Waals surface area contributed by atoms with Crippen molar-refractivity contribution < 1.29 is 13.9 Å². The van der Waals surface area contributed by atoms with Crippen LogP contribution in [-0.4, -0.2) is 17.4 Å². The van der Waals surface area contributed by atoms with Crippen molar-refractivity contribution in [2.45, 2.75) is 34.3 Å². The number of carbonyl (C=O) groups excluding carboxylic acids is 1. The highest BCUT2D eigenvalue weighted by Crippen LogP contribution is 2.27. The number of benzene rings is 2. The first kappa shape index (κ1) is 20.0. The molecule has 0 unspecified atom stereocenters. The highest BCUT2D eigenvalue weighted by molar-refractivity contribution is 7.13. The predicted octanol–water partition coefficient (Wildman–Crippen LogP) is 5.45. The Labute approximate surface area is 168 Å². The zero-order valence-corrected chi connectivity index (χ0v) is 17.3. The molecule has 0 fully saturated rings. The quantitative estimate of drug-likeness (QED) is 0.554. The Morgan fingerprint density at radius 2 is 1.86 bits per heavy atom. The number of halogens is 1. The molecule has 0 aliphatic rings. The van der Waals surface area contributed by atoms with Crippen molar-refractivity contribution in [3.05, 3.63) is 75.0 Å². The predicted molar refractivity (Wildman–Crippen MR) is 111 cm³/mol. The molecule has 146 valence electrons. The minimum Gasteiger partial charge on any atom is -0.486 e. The molecule has 2 aromatic carbocycles. The first-order valence-electron chi connectivity index (χ1n) is 9.12. The first-order chi connectivity index (χ1) is 13.4. The zero-order chi connectivity index (χ0) is 20.3. The Morgan fingerprint density at radius 3 is 2.54 bits per heavy atom. The van der Waals surface area contributed by atoms with Crippen molar-refractivity contribution >= 4 is 22.9 Å². The van der Waals surface area contributed by atoms with E-state index >= 15 is 0 Å². The normalized spacial score (nSPS) is 10.8. The molecular formula is C22H23FN2O2S. The van der Waals surface area contributed by atoms with E-state index in [4.69, 9.17) is 4.74 Å². The van der Waals surface area contributed by atoms with Crippen LogP contribution in [0.4, 0.5) is 10.1 Å². The van der Waals surface area contributed by atoms with Crippen molar-refractivity contribution in [2.75, 3.05) is 11.4 Å². The third-order valence-corrected chi connectivity index (χ3v) is 5.55. The molecule has 0 radical (unpaired) electrons. The van der Waals surface area contributed by atoms with Crippen molar-refractivity contribution in [1.29, 1.82) is 0 Å². The van der Waals surface area contributed by atoms with Gasteiger partial charge in [0.25, 0.3) is 5.91 Å². The summed E-state index contributed by atoms with van der Waals surface area (Å²) >= 11 is 1.34. The number of nitrogens with zero attached hydrogens (tertiary/aromatic N) is 2. The largest absolute Gasteiger partial charge is 0.486 e. The van der Waals surface area contributed by atoms with Crippen LogP contribution in [0.3, 0.4) is 0 Å². The first-order valence-corrected chi connectivity index (χ1v) is 9.94. The standard InChI is InChI=1S/C22H23FN2O2S/c1-5-25(19-12-14(2)6-7-15(19)3)22(26)21-16(4)24-20(28-21)13-27-18-10-8-17(23)9-11-18/h6-12H,5,13H2,1-4H3. The molecule has 0 N–H and O–H groups in total. The molecule has 0 atom stereocenters. The van der Waals surface area contributed by atoms with Crippen LogP contribution in [0.5, 0.6) is 5.75 Å². The van der Waals surface area contributed by atoms with Crippen LogP contribution in [0.15, 0.2) is 42.5 Å². The highest BCUT2D eigenvalue weighted by atomic mass is 32.1. The van der Waals surface area contributed by atoms with E-state index in [2.05, 4.69) is 4.98 Å². The van der Waals surface area contributed by atoms with Crippen LogP contribution in [0.2, 0.25) is 0 Å². The second-order valence-corrected chi connectivity index (χ2v) is 7.69. The summed E-state index contributed by atoms with van der Waals surface area (Å²) in [6.07, 6.45) is 0. The molecule has 0 saturated heterocycles. The van der Waals surface area contributed by atoms with Gasteiger partial charge in [-0.25, -0.2) is 9.37 Å². The van der Waals surface area contributed by atoms with Gasteiger partial charge in [0.05, 0.1) is 5.69 Å². The van der Waals surface area contributed by atoms with Crippen molar-refractivity contribution in [3.63, 3.8) is 0 Å². The Balaban J connectivity index is 1.79. The molecule has 0 aliphatic heterocycles. The van der Waals surface area contributed by atoms with Gasteiger partial charge in [0.15, 0.2) is 0 Å². The third kappa shape index (κ3) is 4.39. The average Bonchev–Trinajstić information content (AvgIpc) is 3.05. The molecule has 6 heteroatoms. The minimum absolute atomic E-state index is 0.0563. The topological polar surface area (TPSA) is 42.4 Å². The molecule has 4 nitrogen and oxygen atoms in total. The summed E-state index contributed by atoms with van der Waals surface area (Å²) in [6.45, 7) is 8.63. The molecular weight excluding hydrogens is 375 g/mol. The van der Waals surface area contributed by atoms with Crippen LogP contribution in [-0.2, 0) is 6.61 Å². The Bertz CT molecular complexity index is 983. The average molecular weight is 399 g/mol. The van der Waals surface area contributed by atoms with E-state index in [1.165, 1.54) is 23.5 Å². The van der Waals surface area contributed by atoms with Gasteiger partial charge in [-0.3, -0.25) is 4.79 Å². The Hall–Kier alpha value is -2.73. The van der Waals surface area contributed by atoms with Gasteiger partial charge in [0.2, 0.25) is 0 Å². The van der Waals surface area contributed by atoms with Gasteiger partial charge >= 0.3 is 0 Å². The number of carbonyl (C=O) groups is 1. The second kappa shape index (κ2) is 8.52. The molecule has 3 rings (SSSR count). The number of rotatable bonds is 6. The summed E-state index contributed by atoms with van der Waals surface area (Å²) in [7, 11) is 0. The van der Waals surface area contributed by atoms with Gasteiger partial charge in [0, 0.05) is 12.2 Å². The lowest BCUT2D eigenvalue weighted by Gasteiger charge is -2.23. The van der Waals surface area contributed by atoms with Crippen molar-refractivity contribution in [1.82, 2.24) is 4.98 Å². The Kier molecular flexibility index (Phi) is 6.09. The maximum absolute atomic E-state index is 13.2. The summed E-state index contributed by atoms with van der Waals surface area (Å²) in [6, 6.07) is 11.9. The number of amides is 1. The van der Waals surface area contributed by atoms with Crippen molar-refractivity contribution in [3.8, 4) is 5.75 Å². The van der Waals surface area contributed by atoms with Crippen LogP contribution < -0.4 is 9.64 Å². The van der Waals surface area contributed by atoms with Gasteiger partial charge in [-0.1, -0.05) is 12.1 Å². The highest BCUT2D eigenvalue weighted by Gasteiger charge is 2.23. The molecule has 1 aromatic heterocycles. The molecule has 0 saturated carbocycles. The van der Waals surface area contributed by atoms with E-state index in [1.807, 2.05) is 45.9 Å². The number of aromatic nitrogens is 1. The van der Waals surface area contributed by atoms with Crippen LogP contribution in [0.1, 0.15) is 38.4 Å². The number of hydrogen-bond acceptors (Lipinski definition) is 4. The fourth-order valence-electron chi connectivity index (χ4n) is 2.94. The molecule has 0 spiro atoms. The van der Waals surface area contributed by atoms with Gasteiger partial charge in [-0.2, -0.15) is 0 Å². The van der Waals surface area contributed by atoms with Gasteiger partial charge in [-0.15, -0.1) is 11.3 Å². The summed E-state index contributed by atoms with van der Waals surface area (Å²) in [5, 5.41) is 0.710. The molecule has 1 amide bonds. The maximum Gasteiger partial charge on any atom is 0.270 e. The Morgan fingerprint density at radius 1 is 1.14 bits per heavy atom. The fourth-order valence-corrected chi connectivity index (χ4v) is 3.87. The lowest BCUT2D eigenvalue weighted by molar-refractivity contribution is 0.0991. The molecule has 3 aromatic rings. The van der Waals surface area contributed by atoms with E-state index < -0.39 is 0 Å². The molecule has 0 aliphatic carbocycles. The lowest BCUT2D eigenvalue weighted by Crippen LogP contribution is -2.31. The van der Waals surface area contributed by atoms with E-state index in [9.17, 15) is 9.18 Å². The minimum atomic E-state index is -0.309. The summed E-state index contributed by atoms with van der Waals surface area (Å²) in [5.74, 6) is 0.198. The molecule has 0 bridgehead atoms. The van der Waals surface area contributed by atoms with E-state index in [1.54, 1.807) is 17.0 Å². The van der Waals surface area contributed by atoms with Crippen LogP contribution in [0, 0.1) is 26.6 Å². The SMILES string of the molecule is CCN(C(=O)c1sc(COc2ccc(F)cc2)nc1C)c1cc(C)ccc1C. The lowest BCUT2D eigenvalue weighted by atomic mass is 10.1.